The van der Waals surface area contributed by atoms with E-state index in [0.717, 1.165) is 108 Å². The smallest absolute Gasteiger partial charge is 0.235 e. The fraction of sp³-hybridized carbons (Fsp3) is 0.984. The number of amides is 1. The molecule has 9 aliphatic carbocycles. The minimum absolute atomic E-state index is 0.0361. The zero-order valence-electron chi connectivity index (χ0n) is 44.1. The molecule has 0 aromatic rings. The molecule has 0 radical (unpaired) electrons. The van der Waals surface area contributed by atoms with Gasteiger partial charge in [0.2, 0.25) is 5.91 Å². The molecule has 384 valence electrons. The number of carbonyl (C=O) groups excluding carboxylic acids is 1. The van der Waals surface area contributed by atoms with Crippen molar-refractivity contribution in [2.45, 2.75) is 295 Å². The van der Waals surface area contributed by atoms with Crippen LogP contribution in [0.1, 0.15) is 289 Å². The molecule has 9 aliphatic rings. The molecule has 17 unspecified atom stereocenters. The second-order valence-corrected chi connectivity index (χ2v) is 27.8. The molecule has 9 rings (SSSR count). The van der Waals surface area contributed by atoms with Gasteiger partial charge in [-0.2, -0.15) is 0 Å². The third-order valence-electron chi connectivity index (χ3n) is 23.3. The number of halogens is 1. The molecule has 0 spiro atoms. The van der Waals surface area contributed by atoms with E-state index in [4.69, 9.17) is 11.6 Å². The van der Waals surface area contributed by atoms with Gasteiger partial charge in [-0.1, -0.05) is 218 Å². The van der Waals surface area contributed by atoms with Crippen LogP contribution in [0.4, 0.5) is 0 Å². The van der Waals surface area contributed by atoms with Crippen molar-refractivity contribution in [1.29, 1.82) is 0 Å². The highest BCUT2D eigenvalue weighted by atomic mass is 35.5. The van der Waals surface area contributed by atoms with Crippen LogP contribution in [0.15, 0.2) is 0 Å². The molecule has 17 atom stereocenters. The Hall–Kier alpha value is -0.240. The molecule has 0 aliphatic heterocycles. The predicted molar refractivity (Wildman–Crippen MR) is 286 cm³/mol. The Balaban J connectivity index is 0.820. The maximum atomic E-state index is 12.2. The topological polar surface area (TPSA) is 29.1 Å². The average Bonchev–Trinajstić information content (AvgIpc) is 3.55. The van der Waals surface area contributed by atoms with E-state index in [2.05, 4.69) is 5.32 Å². The Labute approximate surface area is 421 Å². The number of carbonyl (C=O) groups is 1. The Morgan fingerprint density at radius 1 is 0.269 bits per heavy atom. The van der Waals surface area contributed by atoms with Gasteiger partial charge in [0.15, 0.2) is 0 Å². The van der Waals surface area contributed by atoms with Gasteiger partial charge in [-0.25, -0.2) is 0 Å². The molecule has 9 saturated carbocycles. The van der Waals surface area contributed by atoms with Crippen LogP contribution < -0.4 is 5.32 Å². The first-order valence-corrected chi connectivity index (χ1v) is 32.4. The van der Waals surface area contributed by atoms with E-state index in [0.29, 0.717) is 6.04 Å². The quantitative estimate of drug-likeness (QED) is 0.275. The van der Waals surface area contributed by atoms with Crippen molar-refractivity contribution >= 4 is 17.5 Å². The van der Waals surface area contributed by atoms with E-state index < -0.39 is 0 Å². The predicted octanol–water partition coefficient (Wildman–Crippen LogP) is 19.2. The van der Waals surface area contributed by atoms with Gasteiger partial charge in [0.25, 0.3) is 0 Å². The monoisotopic (exact) mass is 944 g/mol. The van der Waals surface area contributed by atoms with Crippen molar-refractivity contribution in [2.75, 3.05) is 5.88 Å². The summed E-state index contributed by atoms with van der Waals surface area (Å²) in [5.41, 5.74) is 0. The fourth-order valence-electron chi connectivity index (χ4n) is 19.9. The van der Waals surface area contributed by atoms with Gasteiger partial charge in [-0.05, 0) is 165 Å². The van der Waals surface area contributed by atoms with Gasteiger partial charge < -0.3 is 5.32 Å². The number of hydrogen-bond acceptors (Lipinski definition) is 1. The van der Waals surface area contributed by atoms with Gasteiger partial charge in [0.05, 0.1) is 0 Å². The molecule has 2 nitrogen and oxygen atoms in total. The average molecular weight is 945 g/mol. The van der Waals surface area contributed by atoms with Gasteiger partial charge >= 0.3 is 0 Å². The SMILES string of the molecule is O=C(CCl)NC1CCCC2CCCC3CC4CCCCC5CCC6CC(CCCC7CC(CCCC8CCCC9CCCCCCCC9CC8C7)C6)CCCC5CC4CCCC3CC2CCC1. The number of rotatable bonds is 2. The summed E-state index contributed by atoms with van der Waals surface area (Å²) in [5, 5.41) is 3.28. The normalized spacial score (nSPS) is 44.2. The molecule has 0 aromatic carbocycles. The van der Waals surface area contributed by atoms with Crippen molar-refractivity contribution in [1.82, 2.24) is 5.32 Å². The lowest BCUT2D eigenvalue weighted by Crippen LogP contribution is -2.35. The third-order valence-corrected chi connectivity index (χ3v) is 23.6. The standard InChI is InChI=1S/C64H110ClNO/c65-46-64(67)66-63-34-14-28-52-26-12-30-61-44-58-23-7-6-21-54-37-36-50-38-47(17-9-29-57(54)43-59(58)31-13-32-60(61)42-56(52)33-15-35-63)16-8-18-49-39-48(40-50)19-10-24-53-27-11-25-51-20-4-2-1-3-5-22-55(51)45-62(53)41-49/h47-63H,1-46H2,(H,66,67). The Kier molecular flexibility index (Phi) is 20.9. The van der Waals surface area contributed by atoms with Crippen molar-refractivity contribution in [3.05, 3.63) is 0 Å². The Morgan fingerprint density at radius 3 is 1.09 bits per heavy atom. The lowest BCUT2D eigenvalue weighted by Gasteiger charge is -2.42. The van der Waals surface area contributed by atoms with Crippen LogP contribution in [0, 0.1) is 94.7 Å². The molecule has 9 fully saturated rings. The Morgan fingerprint density at radius 2 is 0.567 bits per heavy atom. The number of nitrogens with one attached hydrogen (secondary N) is 1. The summed E-state index contributed by atoms with van der Waals surface area (Å²) in [7, 11) is 0. The van der Waals surface area contributed by atoms with Crippen molar-refractivity contribution in [2.24, 2.45) is 94.7 Å². The second kappa shape index (κ2) is 27.2. The van der Waals surface area contributed by atoms with Crippen LogP contribution in [0.5, 0.6) is 0 Å². The van der Waals surface area contributed by atoms with Crippen molar-refractivity contribution in [3.8, 4) is 0 Å². The van der Waals surface area contributed by atoms with E-state index in [1.807, 2.05) is 0 Å². The first kappa shape index (κ1) is 51.7. The van der Waals surface area contributed by atoms with Crippen LogP contribution in [0.2, 0.25) is 0 Å². The molecule has 67 heavy (non-hydrogen) atoms. The summed E-state index contributed by atoms with van der Waals surface area (Å²) >= 11 is 5.91. The Bertz CT molecular complexity index is 1410. The molecule has 1 amide bonds. The summed E-state index contributed by atoms with van der Waals surface area (Å²) in [4.78, 5) is 12.2. The van der Waals surface area contributed by atoms with E-state index in [9.17, 15) is 4.79 Å². The van der Waals surface area contributed by atoms with Gasteiger partial charge in [-0.3, -0.25) is 4.79 Å². The second-order valence-electron chi connectivity index (χ2n) is 27.5. The highest BCUT2D eigenvalue weighted by Gasteiger charge is 2.40. The van der Waals surface area contributed by atoms with Crippen LogP contribution in [-0.4, -0.2) is 17.8 Å². The zero-order chi connectivity index (χ0) is 45.6. The molecule has 0 saturated heterocycles. The zero-order valence-corrected chi connectivity index (χ0v) is 44.9. The summed E-state index contributed by atoms with van der Waals surface area (Å²) in [6.07, 6.45) is 68.8. The summed E-state index contributed by atoms with van der Waals surface area (Å²) < 4.78 is 0. The number of alkyl halides is 1. The van der Waals surface area contributed by atoms with Gasteiger partial charge in [0, 0.05) is 6.04 Å². The number of hydrogen-bond donors (Lipinski definition) is 1. The van der Waals surface area contributed by atoms with Crippen LogP contribution in [0.25, 0.3) is 0 Å². The van der Waals surface area contributed by atoms with E-state index in [-0.39, 0.29) is 11.8 Å². The van der Waals surface area contributed by atoms with Gasteiger partial charge in [0.1, 0.15) is 5.88 Å². The van der Waals surface area contributed by atoms with E-state index >= 15 is 0 Å². The summed E-state index contributed by atoms with van der Waals surface area (Å²) in [6, 6.07) is 0.348. The molecule has 4 bridgehead atoms. The maximum Gasteiger partial charge on any atom is 0.235 e. The largest absolute Gasteiger partial charge is 0.352 e. The van der Waals surface area contributed by atoms with Crippen molar-refractivity contribution in [3.63, 3.8) is 0 Å². The van der Waals surface area contributed by atoms with Crippen LogP contribution >= 0.6 is 11.6 Å². The highest BCUT2D eigenvalue weighted by Crippen LogP contribution is 2.52. The third kappa shape index (κ3) is 15.4. The first-order valence-electron chi connectivity index (χ1n) is 31.9. The van der Waals surface area contributed by atoms with Crippen LogP contribution in [-0.2, 0) is 4.79 Å². The first-order chi connectivity index (χ1) is 33.0. The maximum absolute atomic E-state index is 12.2. The summed E-state index contributed by atoms with van der Waals surface area (Å²) in [6.45, 7) is 0. The highest BCUT2D eigenvalue weighted by molar-refractivity contribution is 6.27. The minimum atomic E-state index is 0.0361. The minimum Gasteiger partial charge on any atom is -0.352 e. The van der Waals surface area contributed by atoms with Crippen LogP contribution in [0.3, 0.4) is 0 Å². The molecule has 0 aromatic heterocycles. The fourth-order valence-corrected chi connectivity index (χ4v) is 20.0. The molecule has 1 N–H and O–H groups in total. The van der Waals surface area contributed by atoms with E-state index in [1.165, 1.54) is 103 Å². The molecular formula is C64H110ClNO. The van der Waals surface area contributed by atoms with E-state index in [1.54, 1.807) is 173 Å². The lowest BCUT2D eigenvalue weighted by atomic mass is 9.63. The van der Waals surface area contributed by atoms with Gasteiger partial charge in [-0.15, -0.1) is 11.6 Å². The molecule has 0 heterocycles. The lowest BCUT2D eigenvalue weighted by molar-refractivity contribution is -0.119. The summed E-state index contributed by atoms with van der Waals surface area (Å²) in [5.74, 6) is 16.5. The molecular weight excluding hydrogens is 834 g/mol. The molecule has 3 heteroatoms. The van der Waals surface area contributed by atoms with Crippen molar-refractivity contribution < 1.29 is 4.79 Å². The number of fused-ring (bicyclic) bond motifs is 10.